The van der Waals surface area contributed by atoms with Gasteiger partial charge in [-0.15, -0.1) is 0 Å². The standard InChI is InChI=1S/C19H25N3O4/c1-20-8-2-3-14(20)17(24)22-12-19(11-15(22)18(25)26)6-9-21(10-7-19)16(23)13-4-5-13/h2-3,8,13,15H,4-7,9-12H2,1H3,(H,25,26)/t15-/m0/s1. The van der Waals surface area contributed by atoms with Crippen LogP contribution in [0.2, 0.25) is 0 Å². The maximum absolute atomic E-state index is 12.9. The largest absolute Gasteiger partial charge is 0.480 e. The highest BCUT2D eigenvalue weighted by molar-refractivity contribution is 5.96. The molecule has 2 amide bonds. The number of rotatable bonds is 3. The first-order chi connectivity index (χ1) is 12.4. The zero-order chi connectivity index (χ0) is 18.5. The fraction of sp³-hybridized carbons (Fsp3) is 0.632. The monoisotopic (exact) mass is 359 g/mol. The third kappa shape index (κ3) is 2.89. The number of aryl methyl sites for hydroxylation is 1. The maximum Gasteiger partial charge on any atom is 0.326 e. The number of likely N-dealkylation sites (tertiary alicyclic amines) is 2. The zero-order valence-electron chi connectivity index (χ0n) is 15.1. The average Bonchev–Trinajstić information content (AvgIpc) is 3.28. The second kappa shape index (κ2) is 6.14. The summed E-state index contributed by atoms with van der Waals surface area (Å²) in [6, 6.07) is 2.73. The van der Waals surface area contributed by atoms with Crippen LogP contribution in [0.15, 0.2) is 18.3 Å². The summed E-state index contributed by atoms with van der Waals surface area (Å²) < 4.78 is 1.73. The third-order valence-electron chi connectivity index (χ3n) is 6.28. The molecule has 1 aromatic heterocycles. The van der Waals surface area contributed by atoms with Gasteiger partial charge in [-0.05, 0) is 49.7 Å². The minimum Gasteiger partial charge on any atom is -0.480 e. The molecular formula is C19H25N3O4. The quantitative estimate of drug-likeness (QED) is 0.883. The molecule has 1 saturated carbocycles. The summed E-state index contributed by atoms with van der Waals surface area (Å²) in [7, 11) is 1.79. The first kappa shape index (κ1) is 17.1. The number of amides is 2. The molecule has 7 nitrogen and oxygen atoms in total. The second-order valence-corrected chi connectivity index (χ2v) is 8.10. The van der Waals surface area contributed by atoms with Gasteiger partial charge in [0.05, 0.1) is 0 Å². The summed E-state index contributed by atoms with van der Waals surface area (Å²) in [5.41, 5.74) is 0.319. The van der Waals surface area contributed by atoms with E-state index in [1.165, 1.54) is 4.90 Å². The first-order valence-electron chi connectivity index (χ1n) is 9.34. The molecule has 0 radical (unpaired) electrons. The topological polar surface area (TPSA) is 82.9 Å². The third-order valence-corrected chi connectivity index (χ3v) is 6.28. The minimum atomic E-state index is -0.944. The summed E-state index contributed by atoms with van der Waals surface area (Å²) in [6.07, 6.45) is 5.81. The summed E-state index contributed by atoms with van der Waals surface area (Å²) in [6.45, 7) is 1.81. The molecule has 0 aromatic carbocycles. The van der Waals surface area contributed by atoms with E-state index in [9.17, 15) is 19.5 Å². The van der Waals surface area contributed by atoms with Gasteiger partial charge in [-0.25, -0.2) is 4.79 Å². The zero-order valence-corrected chi connectivity index (χ0v) is 15.1. The van der Waals surface area contributed by atoms with Crippen LogP contribution < -0.4 is 0 Å². The molecule has 2 aliphatic heterocycles. The molecule has 26 heavy (non-hydrogen) atoms. The molecule has 7 heteroatoms. The number of carbonyl (C=O) groups excluding carboxylic acids is 2. The van der Waals surface area contributed by atoms with Crippen molar-refractivity contribution < 1.29 is 19.5 Å². The van der Waals surface area contributed by atoms with E-state index in [0.29, 0.717) is 31.7 Å². The lowest BCUT2D eigenvalue weighted by Crippen LogP contribution is -2.45. The SMILES string of the molecule is Cn1cccc1C(=O)N1CC2(CCN(C(=O)C3CC3)CC2)C[C@H]1C(=O)O. The van der Waals surface area contributed by atoms with Crippen LogP contribution in [-0.4, -0.2) is 62.9 Å². The summed E-state index contributed by atoms with van der Waals surface area (Å²) in [5, 5.41) is 9.67. The predicted octanol–water partition coefficient (Wildman–Crippen LogP) is 1.34. The fourth-order valence-electron chi connectivity index (χ4n) is 4.47. The Labute approximate surface area is 152 Å². The highest BCUT2D eigenvalue weighted by Crippen LogP contribution is 2.44. The smallest absolute Gasteiger partial charge is 0.326 e. The van der Waals surface area contributed by atoms with Crippen molar-refractivity contribution in [3.8, 4) is 0 Å². The van der Waals surface area contributed by atoms with Crippen molar-refractivity contribution in [3.63, 3.8) is 0 Å². The number of aliphatic carboxylic acids is 1. The Morgan fingerprint density at radius 3 is 2.42 bits per heavy atom. The van der Waals surface area contributed by atoms with Crippen LogP contribution >= 0.6 is 0 Å². The van der Waals surface area contributed by atoms with Crippen LogP contribution in [0, 0.1) is 11.3 Å². The number of carbonyl (C=O) groups is 3. The molecule has 1 atom stereocenters. The molecule has 1 aromatic rings. The van der Waals surface area contributed by atoms with Crippen LogP contribution in [0.4, 0.5) is 0 Å². The molecule has 3 fully saturated rings. The number of carboxylic acid groups (broad SMARTS) is 1. The second-order valence-electron chi connectivity index (χ2n) is 8.10. The molecule has 0 unspecified atom stereocenters. The van der Waals surface area contributed by atoms with Gasteiger partial charge in [-0.1, -0.05) is 0 Å². The first-order valence-corrected chi connectivity index (χ1v) is 9.34. The van der Waals surface area contributed by atoms with Crippen LogP contribution in [0.5, 0.6) is 0 Å². The van der Waals surface area contributed by atoms with Gasteiger partial charge in [0.1, 0.15) is 11.7 Å². The fourth-order valence-corrected chi connectivity index (χ4v) is 4.47. The predicted molar refractivity (Wildman–Crippen MR) is 93.5 cm³/mol. The molecule has 140 valence electrons. The Morgan fingerprint density at radius 1 is 1.19 bits per heavy atom. The lowest BCUT2D eigenvalue weighted by Gasteiger charge is -2.39. The van der Waals surface area contributed by atoms with Crippen molar-refractivity contribution in [1.82, 2.24) is 14.4 Å². The highest BCUT2D eigenvalue weighted by Gasteiger charge is 2.51. The van der Waals surface area contributed by atoms with Crippen molar-refractivity contribution in [2.24, 2.45) is 18.4 Å². The molecule has 1 spiro atoms. The molecule has 4 rings (SSSR count). The Kier molecular flexibility index (Phi) is 4.04. The Morgan fingerprint density at radius 2 is 1.88 bits per heavy atom. The van der Waals surface area contributed by atoms with E-state index in [1.807, 2.05) is 4.90 Å². The highest BCUT2D eigenvalue weighted by atomic mass is 16.4. The molecule has 3 heterocycles. The number of aromatic nitrogens is 1. The summed E-state index contributed by atoms with van der Waals surface area (Å²) in [4.78, 5) is 40.4. The van der Waals surface area contributed by atoms with Crippen molar-refractivity contribution >= 4 is 17.8 Å². The molecule has 2 saturated heterocycles. The summed E-state index contributed by atoms with van der Waals surface area (Å²) >= 11 is 0. The Bertz CT molecular complexity index is 744. The normalized spacial score (nSPS) is 24.9. The lowest BCUT2D eigenvalue weighted by atomic mass is 9.76. The van der Waals surface area contributed by atoms with Crippen molar-refractivity contribution in [2.45, 2.75) is 38.1 Å². The van der Waals surface area contributed by atoms with Gasteiger partial charge in [-0.2, -0.15) is 0 Å². The average molecular weight is 359 g/mol. The van der Waals surface area contributed by atoms with Crippen molar-refractivity contribution in [1.29, 1.82) is 0 Å². The van der Waals surface area contributed by atoms with Gasteiger partial charge in [0.15, 0.2) is 0 Å². The van der Waals surface area contributed by atoms with E-state index >= 15 is 0 Å². The van der Waals surface area contributed by atoms with Crippen molar-refractivity contribution in [2.75, 3.05) is 19.6 Å². The summed E-state index contributed by atoms with van der Waals surface area (Å²) in [5.74, 6) is -0.696. The van der Waals surface area contributed by atoms with Gasteiger partial charge in [0.2, 0.25) is 5.91 Å². The van der Waals surface area contributed by atoms with Gasteiger partial charge in [0.25, 0.3) is 5.91 Å². The Balaban J connectivity index is 1.49. The number of hydrogen-bond donors (Lipinski definition) is 1. The van der Waals surface area contributed by atoms with Gasteiger partial charge in [-0.3, -0.25) is 9.59 Å². The Hall–Kier alpha value is -2.31. The van der Waals surface area contributed by atoms with Crippen LogP contribution in [0.1, 0.15) is 42.6 Å². The minimum absolute atomic E-state index is 0.190. The van der Waals surface area contributed by atoms with E-state index in [4.69, 9.17) is 0 Å². The lowest BCUT2D eigenvalue weighted by molar-refractivity contribution is -0.141. The molecule has 3 aliphatic rings. The maximum atomic E-state index is 12.9. The molecule has 0 bridgehead atoms. The van der Waals surface area contributed by atoms with Crippen LogP contribution in [0.3, 0.4) is 0 Å². The van der Waals surface area contributed by atoms with E-state index in [-0.39, 0.29) is 23.1 Å². The van der Waals surface area contributed by atoms with E-state index in [0.717, 1.165) is 25.7 Å². The number of hydrogen-bond acceptors (Lipinski definition) is 3. The number of piperidine rings is 1. The molecule has 1 aliphatic carbocycles. The molecule has 1 N–H and O–H groups in total. The van der Waals surface area contributed by atoms with Crippen LogP contribution in [-0.2, 0) is 16.6 Å². The van der Waals surface area contributed by atoms with E-state index in [2.05, 4.69) is 0 Å². The van der Waals surface area contributed by atoms with E-state index < -0.39 is 12.0 Å². The van der Waals surface area contributed by atoms with E-state index in [1.54, 1.807) is 29.9 Å². The number of carboxylic acids is 1. The van der Waals surface area contributed by atoms with Gasteiger partial charge in [0, 0.05) is 38.8 Å². The van der Waals surface area contributed by atoms with Crippen molar-refractivity contribution in [3.05, 3.63) is 24.0 Å². The molecular weight excluding hydrogens is 334 g/mol. The number of nitrogens with zero attached hydrogens (tertiary/aromatic N) is 3. The van der Waals surface area contributed by atoms with Gasteiger partial charge < -0.3 is 19.5 Å². The van der Waals surface area contributed by atoms with Gasteiger partial charge >= 0.3 is 5.97 Å². The van der Waals surface area contributed by atoms with Crippen LogP contribution in [0.25, 0.3) is 0 Å².